The first-order valence-electron chi connectivity index (χ1n) is 5.19. The summed E-state index contributed by atoms with van der Waals surface area (Å²) < 4.78 is 30.1. The predicted molar refractivity (Wildman–Crippen MR) is 56.9 cm³/mol. The van der Waals surface area contributed by atoms with Crippen LogP contribution in [0.3, 0.4) is 0 Å². The highest BCUT2D eigenvalue weighted by atomic mass is 19.3. The van der Waals surface area contributed by atoms with Gasteiger partial charge in [0.25, 0.3) is 5.92 Å². The third-order valence-electron chi connectivity index (χ3n) is 1.65. The molecule has 0 aliphatic rings. The molecule has 0 fully saturated rings. The second-order valence-electron chi connectivity index (χ2n) is 4.75. The van der Waals surface area contributed by atoms with E-state index in [9.17, 15) is 18.7 Å². The first-order valence-corrected chi connectivity index (χ1v) is 5.19. The smallest absolute Gasteiger partial charge is 0.407 e. The first-order chi connectivity index (χ1) is 7.56. The molecular formula is C10H19F2NO4. The third kappa shape index (κ3) is 8.82. The monoisotopic (exact) mass is 255 g/mol. The summed E-state index contributed by atoms with van der Waals surface area (Å²) in [5, 5.41) is 19.7. The van der Waals surface area contributed by atoms with Gasteiger partial charge in [0, 0.05) is 13.0 Å². The maximum atomic E-state index is 12.6. The van der Waals surface area contributed by atoms with E-state index in [1.54, 1.807) is 20.8 Å². The molecule has 1 amide bonds. The van der Waals surface area contributed by atoms with Crippen molar-refractivity contribution in [3.05, 3.63) is 0 Å². The van der Waals surface area contributed by atoms with Crippen molar-refractivity contribution >= 4 is 6.09 Å². The average Bonchev–Trinajstić information content (AvgIpc) is 2.11. The van der Waals surface area contributed by atoms with Crippen molar-refractivity contribution in [3.8, 4) is 0 Å². The third-order valence-corrected chi connectivity index (χ3v) is 1.65. The second kappa shape index (κ2) is 6.11. The number of alkyl carbamates (subject to hydrolysis) is 1. The number of hydrogen-bond acceptors (Lipinski definition) is 4. The van der Waals surface area contributed by atoms with Crippen molar-refractivity contribution in [1.29, 1.82) is 0 Å². The summed E-state index contributed by atoms with van der Waals surface area (Å²) in [6.07, 6.45) is -3.15. The number of hydrogen-bond donors (Lipinski definition) is 3. The molecule has 5 nitrogen and oxygen atoms in total. The summed E-state index contributed by atoms with van der Waals surface area (Å²) >= 11 is 0. The fourth-order valence-corrected chi connectivity index (χ4v) is 0.997. The summed E-state index contributed by atoms with van der Waals surface area (Å²) in [7, 11) is 0. The summed E-state index contributed by atoms with van der Waals surface area (Å²) in [6.45, 7) is 3.27. The van der Waals surface area contributed by atoms with E-state index in [-0.39, 0.29) is 6.54 Å². The van der Waals surface area contributed by atoms with Gasteiger partial charge >= 0.3 is 6.09 Å². The van der Waals surface area contributed by atoms with E-state index in [0.717, 1.165) is 0 Å². The number of nitrogens with one attached hydrogen (secondary N) is 1. The van der Waals surface area contributed by atoms with E-state index in [4.69, 9.17) is 9.84 Å². The number of carbonyl (C=O) groups excluding carboxylic acids is 1. The van der Waals surface area contributed by atoms with Gasteiger partial charge in [-0.2, -0.15) is 0 Å². The van der Waals surface area contributed by atoms with E-state index >= 15 is 0 Å². The quantitative estimate of drug-likeness (QED) is 0.681. The molecule has 7 heteroatoms. The first kappa shape index (κ1) is 16.1. The number of ether oxygens (including phenoxy) is 1. The van der Waals surface area contributed by atoms with Crippen molar-refractivity contribution in [3.63, 3.8) is 0 Å². The molecule has 0 aliphatic heterocycles. The van der Waals surface area contributed by atoms with Crippen LogP contribution >= 0.6 is 0 Å². The van der Waals surface area contributed by atoms with Gasteiger partial charge in [-0.1, -0.05) is 0 Å². The molecule has 0 aromatic heterocycles. The number of carbonyl (C=O) groups is 1. The zero-order chi connectivity index (χ0) is 13.7. The number of halogens is 2. The van der Waals surface area contributed by atoms with Crippen molar-refractivity contribution in [2.24, 2.45) is 0 Å². The lowest BCUT2D eigenvalue weighted by atomic mass is 10.1. The lowest BCUT2D eigenvalue weighted by Crippen LogP contribution is -2.39. The molecule has 0 aromatic rings. The molecule has 0 radical (unpaired) electrons. The number of aliphatic hydroxyl groups excluding tert-OH is 2. The van der Waals surface area contributed by atoms with Crippen LogP contribution < -0.4 is 5.32 Å². The molecule has 1 unspecified atom stereocenters. The van der Waals surface area contributed by atoms with Crippen molar-refractivity contribution in [2.75, 3.05) is 13.2 Å². The summed E-state index contributed by atoms with van der Waals surface area (Å²) in [4.78, 5) is 11.1. The highest BCUT2D eigenvalue weighted by Crippen LogP contribution is 2.19. The molecule has 0 saturated carbocycles. The second-order valence-corrected chi connectivity index (χ2v) is 4.75. The van der Waals surface area contributed by atoms with E-state index in [2.05, 4.69) is 5.32 Å². The molecule has 0 spiro atoms. The normalized spacial score (nSPS) is 14.3. The maximum absolute atomic E-state index is 12.6. The Morgan fingerprint density at radius 3 is 2.35 bits per heavy atom. The zero-order valence-corrected chi connectivity index (χ0v) is 10.2. The van der Waals surface area contributed by atoms with Gasteiger partial charge in [0.05, 0.1) is 6.10 Å². The van der Waals surface area contributed by atoms with Gasteiger partial charge in [-0.3, -0.25) is 0 Å². The fourth-order valence-electron chi connectivity index (χ4n) is 0.997. The topological polar surface area (TPSA) is 78.8 Å². The number of aliphatic hydroxyl groups is 2. The number of alkyl halides is 2. The molecule has 3 N–H and O–H groups in total. The highest BCUT2D eigenvalue weighted by molar-refractivity contribution is 5.67. The molecule has 0 saturated heterocycles. The summed E-state index contributed by atoms with van der Waals surface area (Å²) in [5.41, 5.74) is -0.690. The molecule has 17 heavy (non-hydrogen) atoms. The Hall–Kier alpha value is -0.950. The minimum Gasteiger partial charge on any atom is -0.444 e. The van der Waals surface area contributed by atoms with Crippen LogP contribution in [0, 0.1) is 0 Å². The Bertz CT molecular complexity index is 253. The van der Waals surface area contributed by atoms with Crippen molar-refractivity contribution < 1.29 is 28.5 Å². The van der Waals surface area contributed by atoms with Gasteiger partial charge in [0.2, 0.25) is 0 Å². The lowest BCUT2D eigenvalue weighted by molar-refractivity contribution is -0.0811. The summed E-state index contributed by atoms with van der Waals surface area (Å²) in [5.74, 6) is -3.35. The maximum Gasteiger partial charge on any atom is 0.407 e. The molecule has 102 valence electrons. The van der Waals surface area contributed by atoms with Gasteiger partial charge < -0.3 is 20.3 Å². The van der Waals surface area contributed by atoms with Crippen molar-refractivity contribution in [2.45, 2.75) is 44.8 Å². The lowest BCUT2D eigenvalue weighted by Gasteiger charge is -2.21. The van der Waals surface area contributed by atoms with Gasteiger partial charge in [0.15, 0.2) is 0 Å². The van der Waals surface area contributed by atoms with E-state index in [1.165, 1.54) is 0 Å². The predicted octanol–water partition coefficient (Wildman–Crippen LogP) is 0.890. The van der Waals surface area contributed by atoms with Crippen LogP contribution in [0.5, 0.6) is 0 Å². The molecule has 0 heterocycles. The molecule has 0 bridgehead atoms. The standard InChI is InChI=1S/C10H19F2NO4/c1-9(2,3)17-8(16)13-5-7(15)4-10(11,12)6-14/h7,14-15H,4-6H2,1-3H3,(H,13,16). The van der Waals surface area contributed by atoms with Crippen LogP contribution in [0.15, 0.2) is 0 Å². The van der Waals surface area contributed by atoms with Crippen LogP contribution in [-0.4, -0.2) is 47.1 Å². The van der Waals surface area contributed by atoms with Gasteiger partial charge in [-0.15, -0.1) is 0 Å². The van der Waals surface area contributed by atoms with Crippen LogP contribution in [-0.2, 0) is 4.74 Å². The van der Waals surface area contributed by atoms with E-state index < -0.39 is 36.7 Å². The minimum absolute atomic E-state index is 0.357. The molecule has 1 atom stereocenters. The Kier molecular flexibility index (Phi) is 5.77. The Morgan fingerprint density at radius 1 is 1.41 bits per heavy atom. The fraction of sp³-hybridized carbons (Fsp3) is 0.900. The molecule has 0 aliphatic carbocycles. The highest BCUT2D eigenvalue weighted by Gasteiger charge is 2.31. The number of amides is 1. The van der Waals surface area contributed by atoms with Crippen LogP contribution in [0.25, 0.3) is 0 Å². The molecular weight excluding hydrogens is 236 g/mol. The van der Waals surface area contributed by atoms with E-state index in [1.807, 2.05) is 0 Å². The number of rotatable bonds is 5. The van der Waals surface area contributed by atoms with Crippen LogP contribution in [0.4, 0.5) is 13.6 Å². The van der Waals surface area contributed by atoms with Crippen LogP contribution in [0.2, 0.25) is 0 Å². The Labute approximate surface area is 98.8 Å². The minimum atomic E-state index is -3.35. The Morgan fingerprint density at radius 2 is 1.94 bits per heavy atom. The molecule has 0 aromatic carbocycles. The SMILES string of the molecule is CC(C)(C)OC(=O)NCC(O)CC(F)(F)CO. The molecule has 0 rings (SSSR count). The largest absolute Gasteiger partial charge is 0.444 e. The van der Waals surface area contributed by atoms with Gasteiger partial charge in [-0.25, -0.2) is 13.6 Å². The van der Waals surface area contributed by atoms with Gasteiger partial charge in [-0.05, 0) is 20.8 Å². The average molecular weight is 255 g/mol. The summed E-state index contributed by atoms with van der Waals surface area (Å²) in [6, 6.07) is 0. The van der Waals surface area contributed by atoms with Gasteiger partial charge in [0.1, 0.15) is 12.2 Å². The van der Waals surface area contributed by atoms with E-state index in [0.29, 0.717) is 0 Å². The van der Waals surface area contributed by atoms with Crippen LogP contribution in [0.1, 0.15) is 27.2 Å². The van der Waals surface area contributed by atoms with Crippen molar-refractivity contribution in [1.82, 2.24) is 5.32 Å². The Balaban J connectivity index is 3.93. The zero-order valence-electron chi connectivity index (χ0n) is 10.2.